The number of amides is 2. The molecule has 30 heavy (non-hydrogen) atoms. The Morgan fingerprint density at radius 2 is 2.00 bits per heavy atom. The van der Waals surface area contributed by atoms with Gasteiger partial charge in [0.25, 0.3) is 0 Å². The molecule has 0 fully saturated rings. The lowest BCUT2D eigenvalue weighted by molar-refractivity contribution is -0.125. The molecule has 2 aliphatic rings. The van der Waals surface area contributed by atoms with Crippen molar-refractivity contribution in [2.24, 2.45) is 0 Å². The summed E-state index contributed by atoms with van der Waals surface area (Å²) in [6, 6.07) is 11.8. The molecule has 0 unspecified atom stereocenters. The van der Waals surface area contributed by atoms with Crippen molar-refractivity contribution in [1.82, 2.24) is 9.78 Å². The van der Waals surface area contributed by atoms with Crippen molar-refractivity contribution >= 4 is 23.3 Å². The third-order valence-electron chi connectivity index (χ3n) is 5.07. The maximum atomic E-state index is 13.0. The Labute approximate surface area is 171 Å². The van der Waals surface area contributed by atoms with Crippen molar-refractivity contribution in [1.29, 1.82) is 0 Å². The summed E-state index contributed by atoms with van der Waals surface area (Å²) in [5.41, 5.74) is 2.14. The molecule has 3 aromatic rings. The molecule has 1 aromatic heterocycles. The summed E-state index contributed by atoms with van der Waals surface area (Å²) < 4.78 is 17.4. The number of nitrogens with one attached hydrogen (secondary N) is 2. The fourth-order valence-corrected chi connectivity index (χ4v) is 3.55. The fourth-order valence-electron chi connectivity index (χ4n) is 3.55. The molecular formula is C21H18N4O5. The van der Waals surface area contributed by atoms with Crippen LogP contribution in [0, 0.1) is 0 Å². The minimum Gasteiger partial charge on any atom is -0.497 e. The number of nitrogens with zero attached hydrogens (tertiary/aromatic N) is 2. The highest BCUT2D eigenvalue weighted by atomic mass is 16.7. The van der Waals surface area contributed by atoms with Crippen LogP contribution < -0.4 is 24.8 Å². The van der Waals surface area contributed by atoms with E-state index in [0.717, 1.165) is 16.9 Å². The first-order valence-corrected chi connectivity index (χ1v) is 9.34. The molecule has 0 saturated heterocycles. The molecule has 0 radical (unpaired) electrons. The molecule has 9 nitrogen and oxygen atoms in total. The molecule has 2 aromatic carbocycles. The zero-order valence-electron chi connectivity index (χ0n) is 16.0. The number of carbonyl (C=O) groups is 2. The number of hydrogen-bond acceptors (Lipinski definition) is 6. The summed E-state index contributed by atoms with van der Waals surface area (Å²) >= 11 is 0. The van der Waals surface area contributed by atoms with Gasteiger partial charge in [-0.25, -0.2) is 4.68 Å². The van der Waals surface area contributed by atoms with Gasteiger partial charge in [-0.2, -0.15) is 5.10 Å². The molecule has 2 N–H and O–H groups in total. The van der Waals surface area contributed by atoms with Crippen molar-refractivity contribution in [2.45, 2.75) is 12.5 Å². The largest absolute Gasteiger partial charge is 0.497 e. The van der Waals surface area contributed by atoms with E-state index in [9.17, 15) is 9.59 Å². The number of anilines is 2. The summed E-state index contributed by atoms with van der Waals surface area (Å²) in [5, 5.41) is 10.0. The number of ether oxygens (including phenoxy) is 3. The van der Waals surface area contributed by atoms with E-state index in [1.807, 2.05) is 24.3 Å². The molecule has 2 aliphatic heterocycles. The SMILES string of the molecule is COc1ccc(-c2cnn3c2NC(=O)C[C@H]3C(=O)Nc2ccc3c(c2)OCO3)cc1. The van der Waals surface area contributed by atoms with Gasteiger partial charge in [0.2, 0.25) is 18.6 Å². The monoisotopic (exact) mass is 406 g/mol. The number of carbonyl (C=O) groups excluding carboxylic acids is 2. The average Bonchev–Trinajstić information content (AvgIpc) is 3.39. The van der Waals surface area contributed by atoms with Gasteiger partial charge in [-0.05, 0) is 29.8 Å². The highest BCUT2D eigenvalue weighted by Crippen LogP contribution is 2.37. The minimum atomic E-state index is -0.772. The molecule has 2 amide bonds. The quantitative estimate of drug-likeness (QED) is 0.691. The molecule has 0 spiro atoms. The van der Waals surface area contributed by atoms with Crippen molar-refractivity contribution < 1.29 is 23.8 Å². The van der Waals surface area contributed by atoms with Gasteiger partial charge >= 0.3 is 0 Å². The van der Waals surface area contributed by atoms with Gasteiger partial charge in [-0.1, -0.05) is 12.1 Å². The highest BCUT2D eigenvalue weighted by molar-refractivity contribution is 6.03. The van der Waals surface area contributed by atoms with E-state index in [4.69, 9.17) is 14.2 Å². The fraction of sp³-hybridized carbons (Fsp3) is 0.190. The topological polar surface area (TPSA) is 104 Å². The highest BCUT2D eigenvalue weighted by Gasteiger charge is 2.33. The second kappa shape index (κ2) is 7.11. The van der Waals surface area contributed by atoms with Crippen LogP contribution in [0.1, 0.15) is 12.5 Å². The molecule has 0 saturated carbocycles. The zero-order valence-corrected chi connectivity index (χ0v) is 16.0. The molecular weight excluding hydrogens is 388 g/mol. The lowest BCUT2D eigenvalue weighted by Crippen LogP contribution is -2.35. The minimum absolute atomic E-state index is 0.00683. The molecule has 152 valence electrons. The Kier molecular flexibility index (Phi) is 4.27. The van der Waals surface area contributed by atoms with Crippen LogP contribution in [0.3, 0.4) is 0 Å². The maximum absolute atomic E-state index is 13.0. The Morgan fingerprint density at radius 3 is 2.80 bits per heavy atom. The lowest BCUT2D eigenvalue weighted by Gasteiger charge is -2.24. The van der Waals surface area contributed by atoms with Gasteiger partial charge in [0.15, 0.2) is 11.5 Å². The van der Waals surface area contributed by atoms with Gasteiger partial charge in [-0.3, -0.25) is 9.59 Å². The predicted octanol–water partition coefficient (Wildman–Crippen LogP) is 2.81. The van der Waals surface area contributed by atoms with Crippen LogP contribution in [-0.4, -0.2) is 35.5 Å². The number of methoxy groups -OCH3 is 1. The van der Waals surface area contributed by atoms with E-state index < -0.39 is 6.04 Å². The van der Waals surface area contributed by atoms with E-state index in [-0.39, 0.29) is 25.0 Å². The van der Waals surface area contributed by atoms with Gasteiger partial charge < -0.3 is 24.8 Å². The smallest absolute Gasteiger partial charge is 0.249 e. The summed E-state index contributed by atoms with van der Waals surface area (Å²) in [4.78, 5) is 25.3. The number of fused-ring (bicyclic) bond motifs is 2. The molecule has 0 bridgehead atoms. The van der Waals surface area contributed by atoms with Crippen LogP contribution in [0.5, 0.6) is 17.2 Å². The predicted molar refractivity (Wildman–Crippen MR) is 108 cm³/mol. The first-order chi connectivity index (χ1) is 14.6. The van der Waals surface area contributed by atoms with Crippen LogP contribution in [0.2, 0.25) is 0 Å². The van der Waals surface area contributed by atoms with Crippen LogP contribution in [0.25, 0.3) is 11.1 Å². The maximum Gasteiger partial charge on any atom is 0.249 e. The number of aromatic nitrogens is 2. The summed E-state index contributed by atoms with van der Waals surface area (Å²) in [5.74, 6) is 1.82. The van der Waals surface area contributed by atoms with Crippen molar-refractivity contribution in [3.8, 4) is 28.4 Å². The standard InChI is InChI=1S/C21H18N4O5/c1-28-14-5-2-12(3-6-14)15-10-22-25-16(9-19(26)24-20(15)25)21(27)23-13-4-7-17-18(8-13)30-11-29-17/h2-8,10,16H,9,11H2,1H3,(H,23,27)(H,24,26)/t16-/m0/s1. The van der Waals surface area contributed by atoms with Crippen LogP contribution >= 0.6 is 0 Å². The Morgan fingerprint density at radius 1 is 1.20 bits per heavy atom. The number of benzene rings is 2. The van der Waals surface area contributed by atoms with Gasteiger partial charge in [-0.15, -0.1) is 0 Å². The number of hydrogen-bond donors (Lipinski definition) is 2. The zero-order chi connectivity index (χ0) is 20.7. The normalized spacial score (nSPS) is 16.6. The molecule has 9 heteroatoms. The summed E-state index contributed by atoms with van der Waals surface area (Å²) in [7, 11) is 1.60. The Bertz CT molecular complexity index is 1140. The van der Waals surface area contributed by atoms with Crippen LogP contribution in [0.4, 0.5) is 11.5 Å². The van der Waals surface area contributed by atoms with Crippen LogP contribution in [-0.2, 0) is 9.59 Å². The Balaban J connectivity index is 1.43. The van der Waals surface area contributed by atoms with E-state index in [1.54, 1.807) is 36.2 Å². The molecule has 3 heterocycles. The van der Waals surface area contributed by atoms with Crippen molar-refractivity contribution in [3.05, 3.63) is 48.7 Å². The van der Waals surface area contributed by atoms with Gasteiger partial charge in [0.05, 0.1) is 19.7 Å². The molecule has 5 rings (SSSR count). The second-order valence-corrected chi connectivity index (χ2v) is 6.91. The van der Waals surface area contributed by atoms with E-state index in [0.29, 0.717) is 23.0 Å². The van der Waals surface area contributed by atoms with E-state index in [1.165, 1.54) is 0 Å². The van der Waals surface area contributed by atoms with Gasteiger partial charge in [0.1, 0.15) is 17.6 Å². The first kappa shape index (κ1) is 18.0. The Hall–Kier alpha value is -4.01. The molecule has 0 aliphatic carbocycles. The van der Waals surface area contributed by atoms with Crippen LogP contribution in [0.15, 0.2) is 48.7 Å². The number of rotatable bonds is 4. The molecule has 1 atom stereocenters. The first-order valence-electron chi connectivity index (χ1n) is 9.34. The van der Waals surface area contributed by atoms with Crippen molar-refractivity contribution in [2.75, 3.05) is 24.5 Å². The summed E-state index contributed by atoms with van der Waals surface area (Å²) in [6.07, 6.45) is 1.64. The van der Waals surface area contributed by atoms with Crippen molar-refractivity contribution in [3.63, 3.8) is 0 Å². The average molecular weight is 406 g/mol. The van der Waals surface area contributed by atoms with E-state index in [2.05, 4.69) is 15.7 Å². The van der Waals surface area contributed by atoms with E-state index >= 15 is 0 Å². The second-order valence-electron chi connectivity index (χ2n) is 6.91. The third-order valence-corrected chi connectivity index (χ3v) is 5.07. The third kappa shape index (κ3) is 3.10. The summed E-state index contributed by atoms with van der Waals surface area (Å²) in [6.45, 7) is 0.153. The lowest BCUT2D eigenvalue weighted by atomic mass is 10.1. The van der Waals surface area contributed by atoms with Gasteiger partial charge in [0, 0.05) is 17.3 Å².